The van der Waals surface area contributed by atoms with Crippen molar-refractivity contribution >= 4 is 34.6 Å². The fourth-order valence-corrected chi connectivity index (χ4v) is 2.59. The van der Waals surface area contributed by atoms with Crippen molar-refractivity contribution in [3.63, 3.8) is 0 Å². The van der Waals surface area contributed by atoms with Gasteiger partial charge in [-0.15, -0.1) is 0 Å². The molecule has 0 bridgehead atoms. The summed E-state index contributed by atoms with van der Waals surface area (Å²) in [5.41, 5.74) is 3.89. The first kappa shape index (κ1) is 15.7. The summed E-state index contributed by atoms with van der Waals surface area (Å²) in [6.45, 7) is 0. The summed E-state index contributed by atoms with van der Waals surface area (Å²) in [5.74, 6) is -0.201. The first-order chi connectivity index (χ1) is 12.8. The molecule has 6 nitrogen and oxygen atoms in total. The second-order valence-electron chi connectivity index (χ2n) is 5.68. The van der Waals surface area contributed by atoms with Gasteiger partial charge in [0.25, 0.3) is 5.91 Å². The Hall–Kier alpha value is -3.80. The molecule has 0 fully saturated rings. The molecule has 3 aromatic heterocycles. The molecule has 0 saturated carbocycles. The summed E-state index contributed by atoms with van der Waals surface area (Å²) in [4.78, 5) is 20.3. The quantitative estimate of drug-likeness (QED) is 0.592. The van der Waals surface area contributed by atoms with Gasteiger partial charge in [0, 0.05) is 35.9 Å². The summed E-state index contributed by atoms with van der Waals surface area (Å²) in [5, 5.41) is 11.1. The van der Waals surface area contributed by atoms with Crippen LogP contribution in [-0.4, -0.2) is 26.1 Å². The highest BCUT2D eigenvalue weighted by Gasteiger charge is 2.08. The second kappa shape index (κ2) is 6.98. The number of aromatic nitrogens is 4. The zero-order valence-corrected chi connectivity index (χ0v) is 13.8. The number of H-pyrrole nitrogens is 1. The molecule has 126 valence electrons. The highest BCUT2D eigenvalue weighted by Crippen LogP contribution is 2.22. The van der Waals surface area contributed by atoms with Gasteiger partial charge in [0.15, 0.2) is 0 Å². The smallest absolute Gasteiger partial charge is 0.257 e. The standard InChI is InChI=1S/C20H15N5O/c26-20(15-4-2-10-22-13-15)23-16-6-8-19-17(11-16)18(24-25-19)7-5-14-3-1-9-21-12-14/h1-13H,(H,23,26)(H,24,25)/b7-5+. The van der Waals surface area contributed by atoms with E-state index in [0.29, 0.717) is 11.3 Å². The van der Waals surface area contributed by atoms with Crippen LogP contribution in [0.3, 0.4) is 0 Å². The molecular formula is C20H15N5O. The maximum atomic E-state index is 12.3. The van der Waals surface area contributed by atoms with Crippen molar-refractivity contribution in [2.45, 2.75) is 0 Å². The monoisotopic (exact) mass is 341 g/mol. The van der Waals surface area contributed by atoms with E-state index in [4.69, 9.17) is 0 Å². The molecule has 6 heteroatoms. The number of benzene rings is 1. The van der Waals surface area contributed by atoms with Crippen molar-refractivity contribution in [2.24, 2.45) is 0 Å². The van der Waals surface area contributed by atoms with Gasteiger partial charge in [-0.1, -0.05) is 12.1 Å². The Morgan fingerprint density at radius 1 is 1.00 bits per heavy atom. The van der Waals surface area contributed by atoms with Crippen LogP contribution in [0.2, 0.25) is 0 Å². The lowest BCUT2D eigenvalue weighted by atomic mass is 10.1. The van der Waals surface area contributed by atoms with Crippen LogP contribution >= 0.6 is 0 Å². The second-order valence-corrected chi connectivity index (χ2v) is 5.68. The number of aromatic amines is 1. The highest BCUT2D eigenvalue weighted by molar-refractivity contribution is 6.05. The predicted molar refractivity (Wildman–Crippen MR) is 101 cm³/mol. The molecule has 0 atom stereocenters. The van der Waals surface area contributed by atoms with Gasteiger partial charge >= 0.3 is 0 Å². The van der Waals surface area contributed by atoms with E-state index in [2.05, 4.69) is 25.5 Å². The average Bonchev–Trinajstić information content (AvgIpc) is 3.10. The van der Waals surface area contributed by atoms with Crippen LogP contribution < -0.4 is 5.32 Å². The van der Waals surface area contributed by atoms with Crippen LogP contribution in [0.4, 0.5) is 5.69 Å². The lowest BCUT2D eigenvalue weighted by Gasteiger charge is -2.05. The zero-order chi connectivity index (χ0) is 17.8. The molecule has 0 spiro atoms. The van der Waals surface area contributed by atoms with E-state index in [9.17, 15) is 4.79 Å². The van der Waals surface area contributed by atoms with Crippen molar-refractivity contribution in [1.29, 1.82) is 0 Å². The van der Waals surface area contributed by atoms with Crippen molar-refractivity contribution < 1.29 is 4.79 Å². The summed E-state index contributed by atoms with van der Waals surface area (Å²) < 4.78 is 0. The van der Waals surface area contributed by atoms with Gasteiger partial charge in [0.1, 0.15) is 0 Å². The van der Waals surface area contributed by atoms with E-state index in [-0.39, 0.29) is 5.91 Å². The normalized spacial score (nSPS) is 11.1. The minimum absolute atomic E-state index is 0.201. The molecule has 4 rings (SSSR count). The SMILES string of the molecule is O=C(Nc1ccc2[nH]nc(/C=C/c3cccnc3)c2c1)c1cccnc1. The summed E-state index contributed by atoms with van der Waals surface area (Å²) in [6, 6.07) is 12.9. The van der Waals surface area contributed by atoms with Gasteiger partial charge in [-0.2, -0.15) is 5.10 Å². The molecule has 0 aliphatic rings. The minimum Gasteiger partial charge on any atom is -0.322 e. The van der Waals surface area contributed by atoms with E-state index in [0.717, 1.165) is 22.2 Å². The van der Waals surface area contributed by atoms with E-state index < -0.39 is 0 Å². The maximum absolute atomic E-state index is 12.3. The van der Waals surface area contributed by atoms with Gasteiger partial charge < -0.3 is 5.32 Å². The third-order valence-corrected chi connectivity index (χ3v) is 3.89. The Morgan fingerprint density at radius 2 is 1.85 bits per heavy atom. The molecule has 0 aliphatic heterocycles. The number of amides is 1. The highest BCUT2D eigenvalue weighted by atomic mass is 16.1. The van der Waals surface area contributed by atoms with Crippen LogP contribution in [0, 0.1) is 0 Å². The third kappa shape index (κ3) is 3.34. The Bertz CT molecular complexity index is 1070. The number of nitrogens with zero attached hydrogens (tertiary/aromatic N) is 3. The first-order valence-corrected chi connectivity index (χ1v) is 8.07. The molecule has 3 heterocycles. The number of pyridine rings is 2. The van der Waals surface area contributed by atoms with Crippen molar-refractivity contribution in [3.8, 4) is 0 Å². The first-order valence-electron chi connectivity index (χ1n) is 8.07. The Morgan fingerprint density at radius 3 is 2.62 bits per heavy atom. The maximum Gasteiger partial charge on any atom is 0.257 e. The number of carbonyl (C=O) groups excluding carboxylic acids is 1. The fraction of sp³-hybridized carbons (Fsp3) is 0. The molecule has 1 amide bonds. The molecule has 0 unspecified atom stereocenters. The fourth-order valence-electron chi connectivity index (χ4n) is 2.59. The molecule has 0 aliphatic carbocycles. The van der Waals surface area contributed by atoms with Crippen LogP contribution in [0.15, 0.2) is 67.3 Å². The van der Waals surface area contributed by atoms with Crippen LogP contribution in [0.25, 0.3) is 23.1 Å². The molecule has 1 aromatic carbocycles. The lowest BCUT2D eigenvalue weighted by Crippen LogP contribution is -2.11. The van der Waals surface area contributed by atoms with Crippen molar-refractivity contribution in [3.05, 3.63) is 84.1 Å². The van der Waals surface area contributed by atoms with Gasteiger partial charge in [0.2, 0.25) is 0 Å². The van der Waals surface area contributed by atoms with Crippen molar-refractivity contribution in [2.75, 3.05) is 5.32 Å². The van der Waals surface area contributed by atoms with E-state index in [1.807, 2.05) is 42.5 Å². The number of fused-ring (bicyclic) bond motifs is 1. The predicted octanol–water partition coefficient (Wildman–Crippen LogP) is 3.78. The van der Waals surface area contributed by atoms with Gasteiger partial charge in [0.05, 0.1) is 16.8 Å². The van der Waals surface area contributed by atoms with E-state index in [1.165, 1.54) is 6.20 Å². The van der Waals surface area contributed by atoms with Gasteiger partial charge in [-0.25, -0.2) is 0 Å². The van der Waals surface area contributed by atoms with Gasteiger partial charge in [-0.3, -0.25) is 19.9 Å². The number of nitrogens with one attached hydrogen (secondary N) is 2. The number of hydrogen-bond acceptors (Lipinski definition) is 4. The third-order valence-electron chi connectivity index (χ3n) is 3.89. The number of carbonyl (C=O) groups is 1. The zero-order valence-electron chi connectivity index (χ0n) is 13.8. The summed E-state index contributed by atoms with van der Waals surface area (Å²) >= 11 is 0. The van der Waals surface area contributed by atoms with Crippen LogP contribution in [-0.2, 0) is 0 Å². The lowest BCUT2D eigenvalue weighted by molar-refractivity contribution is 0.102. The van der Waals surface area contributed by atoms with Crippen LogP contribution in [0.5, 0.6) is 0 Å². The Kier molecular flexibility index (Phi) is 4.22. The van der Waals surface area contributed by atoms with Crippen molar-refractivity contribution in [1.82, 2.24) is 20.2 Å². The van der Waals surface area contributed by atoms with E-state index >= 15 is 0 Å². The topological polar surface area (TPSA) is 83.6 Å². The number of rotatable bonds is 4. The molecular weight excluding hydrogens is 326 g/mol. The summed E-state index contributed by atoms with van der Waals surface area (Å²) in [7, 11) is 0. The largest absolute Gasteiger partial charge is 0.322 e. The molecule has 4 aromatic rings. The molecule has 0 radical (unpaired) electrons. The average molecular weight is 341 g/mol. The Labute approximate surface area is 149 Å². The van der Waals surface area contributed by atoms with Gasteiger partial charge in [-0.05, 0) is 48.0 Å². The van der Waals surface area contributed by atoms with E-state index in [1.54, 1.807) is 30.7 Å². The molecule has 2 N–H and O–H groups in total. The minimum atomic E-state index is -0.201. The molecule has 26 heavy (non-hydrogen) atoms. The number of hydrogen-bond donors (Lipinski definition) is 2. The Balaban J connectivity index is 1.60. The van der Waals surface area contributed by atoms with Crippen LogP contribution in [0.1, 0.15) is 21.6 Å². The molecule has 0 saturated heterocycles. The number of anilines is 1. The summed E-state index contributed by atoms with van der Waals surface area (Å²) in [6.07, 6.45) is 10.6.